The predicted molar refractivity (Wildman–Crippen MR) is 70.7 cm³/mol. The molecule has 17 heavy (non-hydrogen) atoms. The van der Waals surface area contributed by atoms with Crippen LogP contribution in [0.25, 0.3) is 0 Å². The van der Waals surface area contributed by atoms with Gasteiger partial charge in [-0.1, -0.05) is 36.4 Å². The lowest BCUT2D eigenvalue weighted by Crippen LogP contribution is -2.18. The van der Waals surface area contributed by atoms with E-state index in [0.717, 1.165) is 12.2 Å². The van der Waals surface area contributed by atoms with Crippen LogP contribution >= 0.6 is 0 Å². The van der Waals surface area contributed by atoms with Crippen molar-refractivity contribution in [2.45, 2.75) is 26.4 Å². The van der Waals surface area contributed by atoms with Gasteiger partial charge >= 0.3 is 0 Å². The van der Waals surface area contributed by atoms with Gasteiger partial charge in [0.15, 0.2) is 0 Å². The van der Waals surface area contributed by atoms with E-state index in [1.165, 1.54) is 11.1 Å². The predicted octanol–water partition coefficient (Wildman–Crippen LogP) is 3.24. The van der Waals surface area contributed by atoms with Crippen LogP contribution in [0.2, 0.25) is 0 Å². The number of aryl methyl sites for hydroxylation is 1. The van der Waals surface area contributed by atoms with E-state index in [9.17, 15) is 0 Å². The van der Waals surface area contributed by atoms with E-state index in [1.54, 1.807) is 0 Å². The Morgan fingerprint density at radius 3 is 2.53 bits per heavy atom. The van der Waals surface area contributed by atoms with E-state index in [-0.39, 0.29) is 0 Å². The molecule has 0 saturated carbocycles. The zero-order valence-corrected chi connectivity index (χ0v) is 10.4. The first-order chi connectivity index (χ1) is 8.25. The molecule has 1 N–H and O–H groups in total. The topological polar surface area (TPSA) is 24.9 Å². The van der Waals surface area contributed by atoms with Gasteiger partial charge in [-0.2, -0.15) is 0 Å². The molecule has 0 saturated heterocycles. The number of aromatic nitrogens is 1. The fourth-order valence-electron chi connectivity index (χ4n) is 1.72. The van der Waals surface area contributed by atoms with Crippen LogP contribution in [-0.2, 0) is 6.54 Å². The lowest BCUT2D eigenvalue weighted by molar-refractivity contribution is 0.567. The lowest BCUT2D eigenvalue weighted by Gasteiger charge is -2.13. The Morgan fingerprint density at radius 2 is 1.88 bits per heavy atom. The second-order valence-corrected chi connectivity index (χ2v) is 4.34. The Bertz CT molecular complexity index is 448. The Balaban J connectivity index is 1.92. The van der Waals surface area contributed by atoms with Crippen LogP contribution in [-0.4, -0.2) is 4.98 Å². The van der Waals surface area contributed by atoms with Crippen LogP contribution in [0, 0.1) is 6.92 Å². The average molecular weight is 226 g/mol. The molecule has 0 spiro atoms. The minimum atomic E-state index is 0.347. The molecule has 88 valence electrons. The molecule has 2 rings (SSSR count). The molecule has 2 heteroatoms. The molecule has 0 unspecified atom stereocenters. The van der Waals surface area contributed by atoms with Crippen LogP contribution in [0.3, 0.4) is 0 Å². The molecule has 0 amide bonds. The number of pyridine rings is 1. The van der Waals surface area contributed by atoms with Gasteiger partial charge in [-0.25, -0.2) is 0 Å². The molecule has 1 aromatic heterocycles. The van der Waals surface area contributed by atoms with Crippen molar-refractivity contribution in [2.75, 3.05) is 0 Å². The summed E-state index contributed by atoms with van der Waals surface area (Å²) in [7, 11) is 0. The molecule has 0 bridgehead atoms. The summed E-state index contributed by atoms with van der Waals surface area (Å²) in [6, 6.07) is 15.0. The fourth-order valence-corrected chi connectivity index (χ4v) is 1.72. The van der Waals surface area contributed by atoms with Gasteiger partial charge in [-0.3, -0.25) is 4.98 Å². The van der Waals surface area contributed by atoms with Gasteiger partial charge in [0.1, 0.15) is 0 Å². The third-order valence-corrected chi connectivity index (χ3v) is 2.86. The maximum atomic E-state index is 4.38. The summed E-state index contributed by atoms with van der Waals surface area (Å²) in [5, 5.41) is 3.47. The number of rotatable bonds is 4. The van der Waals surface area contributed by atoms with E-state index >= 15 is 0 Å². The van der Waals surface area contributed by atoms with Crippen molar-refractivity contribution in [2.24, 2.45) is 0 Å². The Morgan fingerprint density at radius 1 is 1.12 bits per heavy atom. The van der Waals surface area contributed by atoms with Crippen LogP contribution in [0.15, 0.2) is 48.7 Å². The van der Waals surface area contributed by atoms with Gasteiger partial charge in [0, 0.05) is 18.8 Å². The first kappa shape index (κ1) is 11.8. The highest BCUT2D eigenvalue weighted by Crippen LogP contribution is 2.11. The standard InChI is InChI=1S/C15H18N2/c1-12-8-9-15(17-10-12)11-16-13(2)14-6-4-3-5-7-14/h3-10,13,16H,11H2,1-2H3/t13-/m0/s1. The second kappa shape index (κ2) is 5.60. The minimum absolute atomic E-state index is 0.347. The summed E-state index contributed by atoms with van der Waals surface area (Å²) in [5.74, 6) is 0. The van der Waals surface area contributed by atoms with Crippen LogP contribution < -0.4 is 5.32 Å². The molecule has 0 aliphatic carbocycles. The molecule has 0 aliphatic rings. The Kier molecular flexibility index (Phi) is 3.89. The average Bonchev–Trinajstić information content (AvgIpc) is 2.39. The van der Waals surface area contributed by atoms with Gasteiger partial charge < -0.3 is 5.32 Å². The molecule has 1 heterocycles. The molecule has 2 aromatic rings. The smallest absolute Gasteiger partial charge is 0.0542 e. The summed E-state index contributed by atoms with van der Waals surface area (Å²) in [6.45, 7) is 5.02. The van der Waals surface area contributed by atoms with Crippen molar-refractivity contribution >= 4 is 0 Å². The number of hydrogen-bond acceptors (Lipinski definition) is 2. The van der Waals surface area contributed by atoms with Crippen molar-refractivity contribution in [1.82, 2.24) is 10.3 Å². The van der Waals surface area contributed by atoms with Gasteiger partial charge in [0.25, 0.3) is 0 Å². The maximum Gasteiger partial charge on any atom is 0.0542 e. The Hall–Kier alpha value is -1.67. The summed E-state index contributed by atoms with van der Waals surface area (Å²) in [5.41, 5.74) is 3.59. The van der Waals surface area contributed by atoms with E-state index in [1.807, 2.05) is 12.3 Å². The van der Waals surface area contributed by atoms with Crippen LogP contribution in [0.4, 0.5) is 0 Å². The van der Waals surface area contributed by atoms with E-state index < -0.39 is 0 Å². The first-order valence-electron chi connectivity index (χ1n) is 5.95. The minimum Gasteiger partial charge on any atom is -0.305 e. The molecule has 2 nitrogen and oxygen atoms in total. The number of nitrogens with zero attached hydrogens (tertiary/aromatic N) is 1. The summed E-state index contributed by atoms with van der Waals surface area (Å²) in [4.78, 5) is 4.38. The lowest BCUT2D eigenvalue weighted by atomic mass is 10.1. The second-order valence-electron chi connectivity index (χ2n) is 4.34. The number of benzene rings is 1. The maximum absolute atomic E-state index is 4.38. The molecule has 1 aromatic carbocycles. The van der Waals surface area contributed by atoms with E-state index in [0.29, 0.717) is 6.04 Å². The molecular formula is C15H18N2. The highest BCUT2D eigenvalue weighted by atomic mass is 14.9. The summed E-state index contributed by atoms with van der Waals surface area (Å²) in [6.07, 6.45) is 1.91. The van der Waals surface area contributed by atoms with Gasteiger partial charge in [-0.05, 0) is 31.0 Å². The number of nitrogens with one attached hydrogen (secondary N) is 1. The quantitative estimate of drug-likeness (QED) is 0.865. The SMILES string of the molecule is Cc1ccc(CN[C@@H](C)c2ccccc2)nc1. The largest absolute Gasteiger partial charge is 0.305 e. The van der Waals surface area contributed by atoms with Gasteiger partial charge in [0.05, 0.1) is 5.69 Å². The highest BCUT2D eigenvalue weighted by Gasteiger charge is 2.03. The van der Waals surface area contributed by atoms with Gasteiger partial charge in [0.2, 0.25) is 0 Å². The molecular weight excluding hydrogens is 208 g/mol. The van der Waals surface area contributed by atoms with Crippen LogP contribution in [0.5, 0.6) is 0 Å². The van der Waals surface area contributed by atoms with Gasteiger partial charge in [-0.15, -0.1) is 0 Å². The third kappa shape index (κ3) is 3.40. The molecule has 0 radical (unpaired) electrons. The molecule has 0 fully saturated rings. The number of hydrogen-bond donors (Lipinski definition) is 1. The third-order valence-electron chi connectivity index (χ3n) is 2.86. The van der Waals surface area contributed by atoms with Crippen molar-refractivity contribution in [3.63, 3.8) is 0 Å². The zero-order chi connectivity index (χ0) is 12.1. The highest BCUT2D eigenvalue weighted by molar-refractivity contribution is 5.18. The van der Waals surface area contributed by atoms with E-state index in [2.05, 4.69) is 60.5 Å². The Labute approximate surface area is 103 Å². The summed E-state index contributed by atoms with van der Waals surface area (Å²) >= 11 is 0. The first-order valence-corrected chi connectivity index (χ1v) is 5.95. The van der Waals surface area contributed by atoms with Crippen molar-refractivity contribution in [1.29, 1.82) is 0 Å². The fraction of sp³-hybridized carbons (Fsp3) is 0.267. The monoisotopic (exact) mass is 226 g/mol. The van der Waals surface area contributed by atoms with E-state index in [4.69, 9.17) is 0 Å². The van der Waals surface area contributed by atoms with Crippen molar-refractivity contribution in [3.8, 4) is 0 Å². The molecule has 1 atom stereocenters. The molecule has 0 aliphatic heterocycles. The van der Waals surface area contributed by atoms with Crippen molar-refractivity contribution < 1.29 is 0 Å². The summed E-state index contributed by atoms with van der Waals surface area (Å²) < 4.78 is 0. The zero-order valence-electron chi connectivity index (χ0n) is 10.4. The van der Waals surface area contributed by atoms with Crippen molar-refractivity contribution in [3.05, 3.63) is 65.5 Å². The normalized spacial score (nSPS) is 12.4. The van der Waals surface area contributed by atoms with Crippen LogP contribution in [0.1, 0.15) is 29.8 Å².